The van der Waals surface area contributed by atoms with Gasteiger partial charge in [-0.25, -0.2) is 0 Å². The van der Waals surface area contributed by atoms with Gasteiger partial charge in [0.05, 0.1) is 0 Å². The Morgan fingerprint density at radius 1 is 1.32 bits per heavy atom. The zero-order valence-electron chi connectivity index (χ0n) is 11.2. The number of hydrogen-bond acceptors (Lipinski definition) is 4. The molecule has 0 radical (unpaired) electrons. The van der Waals surface area contributed by atoms with E-state index in [2.05, 4.69) is 15.9 Å². The molecule has 3 nitrogen and oxygen atoms in total. The highest BCUT2D eigenvalue weighted by Crippen LogP contribution is 2.22. The van der Waals surface area contributed by atoms with Crippen LogP contribution < -0.4 is 10.5 Å². The molecule has 0 saturated carbocycles. The molecule has 0 saturated heterocycles. The molecule has 0 spiro atoms. The first kappa shape index (κ1) is 16.2. The van der Waals surface area contributed by atoms with E-state index in [1.54, 1.807) is 36.0 Å². The number of hydrogen-bond donors (Lipinski definition) is 1. The van der Waals surface area contributed by atoms with E-state index in [0.717, 1.165) is 17.9 Å². The zero-order valence-corrected chi connectivity index (χ0v) is 12.0. The van der Waals surface area contributed by atoms with Crippen molar-refractivity contribution in [3.8, 4) is 5.75 Å². The maximum atomic E-state index is 12.1. The number of benzene rings is 1. The third kappa shape index (κ3) is 5.34. The molecular formula is C13H20F2N2OS. The molecule has 0 aliphatic heterocycles. The Hall–Kier alpha value is -0.850. The van der Waals surface area contributed by atoms with Gasteiger partial charge in [-0.1, -0.05) is 12.1 Å². The first-order chi connectivity index (χ1) is 9.08. The third-order valence-corrected chi connectivity index (χ3v) is 3.48. The predicted octanol–water partition coefficient (Wildman–Crippen LogP) is 2.58. The number of halogens is 2. The first-order valence-corrected chi connectivity index (χ1v) is 7.42. The molecule has 1 atom stereocenters. The summed E-state index contributed by atoms with van der Waals surface area (Å²) in [4.78, 5) is 2.17. The fourth-order valence-electron chi connectivity index (χ4n) is 1.83. The molecular weight excluding hydrogens is 270 g/mol. The minimum absolute atomic E-state index is 0.0905. The molecule has 0 fully saturated rings. The SMILES string of the molecule is CSCCN(C)C(CN)c1ccc(OC(F)F)cc1. The minimum Gasteiger partial charge on any atom is -0.435 e. The lowest BCUT2D eigenvalue weighted by molar-refractivity contribution is -0.0498. The van der Waals surface area contributed by atoms with Crippen LogP contribution in [-0.4, -0.2) is 43.7 Å². The summed E-state index contributed by atoms with van der Waals surface area (Å²) in [6.45, 7) is -1.38. The van der Waals surface area contributed by atoms with Crippen LogP contribution in [0.15, 0.2) is 24.3 Å². The van der Waals surface area contributed by atoms with Gasteiger partial charge in [0, 0.05) is 24.9 Å². The monoisotopic (exact) mass is 290 g/mol. The average Bonchev–Trinajstić information content (AvgIpc) is 2.38. The fraction of sp³-hybridized carbons (Fsp3) is 0.538. The van der Waals surface area contributed by atoms with Crippen molar-refractivity contribution < 1.29 is 13.5 Å². The number of alkyl halides is 2. The summed E-state index contributed by atoms with van der Waals surface area (Å²) in [6, 6.07) is 6.75. The van der Waals surface area contributed by atoms with Crippen molar-refractivity contribution >= 4 is 11.8 Å². The van der Waals surface area contributed by atoms with Crippen molar-refractivity contribution in [1.29, 1.82) is 0 Å². The molecule has 0 aromatic heterocycles. The summed E-state index contributed by atoms with van der Waals surface area (Å²) in [5.41, 5.74) is 6.80. The highest BCUT2D eigenvalue weighted by molar-refractivity contribution is 7.98. The lowest BCUT2D eigenvalue weighted by atomic mass is 10.1. The molecule has 1 aromatic rings. The molecule has 0 amide bonds. The van der Waals surface area contributed by atoms with Gasteiger partial charge in [-0.3, -0.25) is 4.90 Å². The maximum absolute atomic E-state index is 12.1. The largest absolute Gasteiger partial charge is 0.435 e. The van der Waals surface area contributed by atoms with Gasteiger partial charge >= 0.3 is 6.61 Å². The van der Waals surface area contributed by atoms with Crippen LogP contribution in [0.5, 0.6) is 5.75 Å². The van der Waals surface area contributed by atoms with Crippen LogP contribution in [0.25, 0.3) is 0 Å². The summed E-state index contributed by atoms with van der Waals surface area (Å²) in [7, 11) is 2.01. The molecule has 0 aliphatic carbocycles. The second-order valence-electron chi connectivity index (χ2n) is 4.17. The molecule has 108 valence electrons. The maximum Gasteiger partial charge on any atom is 0.387 e. The van der Waals surface area contributed by atoms with E-state index >= 15 is 0 Å². The van der Waals surface area contributed by atoms with Crippen molar-refractivity contribution in [3.63, 3.8) is 0 Å². The van der Waals surface area contributed by atoms with E-state index < -0.39 is 6.61 Å². The van der Waals surface area contributed by atoms with Gasteiger partial charge in [-0.15, -0.1) is 0 Å². The molecule has 1 aromatic carbocycles. The third-order valence-electron chi connectivity index (χ3n) is 2.89. The Morgan fingerprint density at radius 2 is 1.95 bits per heavy atom. The number of rotatable bonds is 8. The smallest absolute Gasteiger partial charge is 0.387 e. The van der Waals surface area contributed by atoms with Crippen molar-refractivity contribution in [3.05, 3.63) is 29.8 Å². The van der Waals surface area contributed by atoms with Crippen molar-refractivity contribution in [2.75, 3.05) is 32.1 Å². The fourth-order valence-corrected chi connectivity index (χ4v) is 2.30. The molecule has 1 unspecified atom stereocenters. The van der Waals surface area contributed by atoms with Crippen LogP contribution in [0.3, 0.4) is 0 Å². The van der Waals surface area contributed by atoms with Gasteiger partial charge in [0.15, 0.2) is 0 Å². The van der Waals surface area contributed by atoms with Crippen LogP contribution >= 0.6 is 11.8 Å². The molecule has 0 heterocycles. The van der Waals surface area contributed by atoms with Gasteiger partial charge in [-0.2, -0.15) is 20.5 Å². The molecule has 1 rings (SSSR count). The van der Waals surface area contributed by atoms with Crippen LogP contribution in [0.4, 0.5) is 8.78 Å². The van der Waals surface area contributed by atoms with E-state index in [-0.39, 0.29) is 11.8 Å². The first-order valence-electron chi connectivity index (χ1n) is 6.02. The normalized spacial score (nSPS) is 13.0. The standard InChI is InChI=1S/C13H20F2N2OS/c1-17(7-8-19-2)12(9-16)10-3-5-11(6-4-10)18-13(14)15/h3-6,12-13H,7-9,16H2,1-2H3. The molecule has 0 aliphatic rings. The summed E-state index contributed by atoms with van der Waals surface area (Å²) < 4.78 is 28.4. The molecule has 19 heavy (non-hydrogen) atoms. The Morgan fingerprint density at radius 3 is 2.42 bits per heavy atom. The molecule has 6 heteroatoms. The average molecular weight is 290 g/mol. The lowest BCUT2D eigenvalue weighted by Crippen LogP contribution is -2.32. The van der Waals surface area contributed by atoms with Gasteiger partial charge in [0.2, 0.25) is 0 Å². The second kappa shape index (κ2) is 8.35. The number of likely N-dealkylation sites (N-methyl/N-ethyl adjacent to an activating group) is 1. The number of ether oxygens (including phenoxy) is 1. The summed E-state index contributed by atoms with van der Waals surface area (Å²) >= 11 is 1.78. The van der Waals surface area contributed by atoms with Crippen LogP contribution in [0.1, 0.15) is 11.6 Å². The Bertz CT molecular complexity index is 362. The van der Waals surface area contributed by atoms with Crippen molar-refractivity contribution in [2.45, 2.75) is 12.7 Å². The van der Waals surface area contributed by atoms with Gasteiger partial charge in [0.25, 0.3) is 0 Å². The predicted molar refractivity (Wildman–Crippen MR) is 75.9 cm³/mol. The van der Waals surface area contributed by atoms with Gasteiger partial charge in [-0.05, 0) is 31.0 Å². The minimum atomic E-state index is -2.79. The highest BCUT2D eigenvalue weighted by Gasteiger charge is 2.15. The number of thioether (sulfide) groups is 1. The Kier molecular flexibility index (Phi) is 7.12. The van der Waals surface area contributed by atoms with Crippen LogP contribution in [-0.2, 0) is 0 Å². The van der Waals surface area contributed by atoms with Crippen LogP contribution in [0.2, 0.25) is 0 Å². The van der Waals surface area contributed by atoms with E-state index in [1.807, 2.05) is 7.05 Å². The summed E-state index contributed by atoms with van der Waals surface area (Å²) in [5, 5.41) is 0. The number of nitrogens with two attached hydrogens (primary N) is 1. The molecule has 2 N–H and O–H groups in total. The summed E-state index contributed by atoms with van der Waals surface area (Å²) in [5.74, 6) is 1.20. The molecule has 0 bridgehead atoms. The highest BCUT2D eigenvalue weighted by atomic mass is 32.2. The number of nitrogens with zero attached hydrogens (tertiary/aromatic N) is 1. The van der Waals surface area contributed by atoms with E-state index in [1.165, 1.54) is 0 Å². The summed E-state index contributed by atoms with van der Waals surface area (Å²) in [6.07, 6.45) is 2.06. The van der Waals surface area contributed by atoms with Crippen LogP contribution in [0, 0.1) is 0 Å². The topological polar surface area (TPSA) is 38.5 Å². The Labute approximate surface area is 117 Å². The van der Waals surface area contributed by atoms with E-state index in [4.69, 9.17) is 5.73 Å². The van der Waals surface area contributed by atoms with E-state index in [0.29, 0.717) is 6.54 Å². The van der Waals surface area contributed by atoms with Crippen molar-refractivity contribution in [2.24, 2.45) is 5.73 Å². The van der Waals surface area contributed by atoms with Gasteiger partial charge in [0.1, 0.15) is 5.75 Å². The zero-order chi connectivity index (χ0) is 14.3. The van der Waals surface area contributed by atoms with Gasteiger partial charge < -0.3 is 10.5 Å². The lowest BCUT2D eigenvalue weighted by Gasteiger charge is -2.27. The van der Waals surface area contributed by atoms with E-state index in [9.17, 15) is 8.78 Å². The second-order valence-corrected chi connectivity index (χ2v) is 5.16. The van der Waals surface area contributed by atoms with Crippen molar-refractivity contribution in [1.82, 2.24) is 4.90 Å². The Balaban J connectivity index is 2.70. The quantitative estimate of drug-likeness (QED) is 0.798.